The zero-order valence-electron chi connectivity index (χ0n) is 29.1. The quantitative estimate of drug-likeness (QED) is 0.227. The summed E-state index contributed by atoms with van der Waals surface area (Å²) in [6.45, 7) is 6.53. The summed E-state index contributed by atoms with van der Waals surface area (Å²) in [5.74, 6) is 1.29. The third-order valence-corrected chi connectivity index (χ3v) is 10.7. The summed E-state index contributed by atoms with van der Waals surface area (Å²) in [6, 6.07) is 8.46. The molecule has 282 valence electrons. The fraction of sp³-hybridized carbons (Fsp3) is 0.353. The minimum absolute atomic E-state index is 0.168. The van der Waals surface area contributed by atoms with Gasteiger partial charge in [0.25, 0.3) is 11.6 Å². The molecule has 3 saturated heterocycles. The number of morpholine rings is 2. The Morgan fingerprint density at radius 2 is 1.19 bits per heavy atom. The Balaban J connectivity index is 0.000000160. The molecule has 0 saturated carbocycles. The number of nitrogens with two attached hydrogens (primary N) is 1. The van der Waals surface area contributed by atoms with Crippen molar-refractivity contribution in [3.63, 3.8) is 0 Å². The van der Waals surface area contributed by atoms with E-state index in [2.05, 4.69) is 44.7 Å². The van der Waals surface area contributed by atoms with E-state index in [1.807, 2.05) is 0 Å². The average Bonchev–Trinajstić information content (AvgIpc) is 3.98. The van der Waals surface area contributed by atoms with Crippen molar-refractivity contribution in [2.75, 3.05) is 86.0 Å². The van der Waals surface area contributed by atoms with Crippen molar-refractivity contribution in [1.29, 1.82) is 0 Å². The summed E-state index contributed by atoms with van der Waals surface area (Å²) < 4.78 is 71.3. The van der Waals surface area contributed by atoms with Crippen molar-refractivity contribution >= 4 is 44.8 Å². The smallest absolute Gasteiger partial charge is 0.301 e. The van der Waals surface area contributed by atoms with Crippen LogP contribution in [0.1, 0.15) is 12.8 Å². The van der Waals surface area contributed by atoms with Gasteiger partial charge in [0.2, 0.25) is 0 Å². The normalized spacial score (nSPS) is 16.9. The van der Waals surface area contributed by atoms with Crippen molar-refractivity contribution in [3.8, 4) is 22.5 Å². The monoisotopic (exact) mass is 761 g/mol. The van der Waals surface area contributed by atoms with Gasteiger partial charge in [-0.15, -0.1) is 10.2 Å². The summed E-state index contributed by atoms with van der Waals surface area (Å²) >= 11 is 0. The number of aromatic nitrogens is 8. The molecule has 4 aromatic heterocycles. The number of hydrogen-bond acceptors (Lipinski definition) is 13. The van der Waals surface area contributed by atoms with E-state index in [9.17, 15) is 17.2 Å². The Hall–Kier alpha value is -5.57. The molecule has 2 aromatic carbocycles. The van der Waals surface area contributed by atoms with Gasteiger partial charge in [-0.05, 0) is 49.2 Å². The highest BCUT2D eigenvalue weighted by atomic mass is 32.2. The lowest BCUT2D eigenvalue weighted by Gasteiger charge is -2.27. The number of rotatable bonds is 7. The lowest BCUT2D eigenvalue weighted by molar-refractivity contribution is 0.122. The van der Waals surface area contributed by atoms with E-state index in [-0.39, 0.29) is 17.1 Å². The Bertz CT molecular complexity index is 2390. The maximum Gasteiger partial charge on any atom is 0.301 e. The second-order valence-electron chi connectivity index (χ2n) is 12.8. The maximum atomic E-state index is 14.6. The number of anilines is 4. The fourth-order valence-corrected chi connectivity index (χ4v) is 7.64. The van der Waals surface area contributed by atoms with Gasteiger partial charge in [0.1, 0.15) is 11.6 Å². The minimum Gasteiger partial charge on any atom is -0.399 e. The van der Waals surface area contributed by atoms with Crippen LogP contribution in [-0.4, -0.2) is 118 Å². The minimum atomic E-state index is -3.67. The zero-order chi connectivity index (χ0) is 37.2. The second-order valence-corrected chi connectivity index (χ2v) is 14.5. The standard InChI is InChI=1S/C19H22FN7O3S.C15H15FN6O/c20-16-4-3-14(24-31(28,29)26-5-1-2-6-26)11-15(16)17-13-27-19(22-17)21-12-18(23-27)25-7-9-30-10-8-25;16-12-2-1-10(17)7-11(12)13-9-22-15(19-13)18-8-14(20-22)21-3-5-23-6-4-21/h3-4,11-13,24H,1-2,5-10H2;1-2,7-9H,3-6,17H2. The molecule has 0 radical (unpaired) electrons. The maximum absolute atomic E-state index is 14.6. The lowest BCUT2D eigenvalue weighted by Crippen LogP contribution is -2.37. The van der Waals surface area contributed by atoms with Crippen LogP contribution in [0.25, 0.3) is 34.1 Å². The van der Waals surface area contributed by atoms with Crippen molar-refractivity contribution < 1.29 is 26.7 Å². The number of ether oxygens (including phenoxy) is 2. The Morgan fingerprint density at radius 1 is 0.685 bits per heavy atom. The summed E-state index contributed by atoms with van der Waals surface area (Å²) in [4.78, 5) is 21.5. The molecule has 0 spiro atoms. The fourth-order valence-electron chi connectivity index (χ4n) is 6.35. The zero-order valence-corrected chi connectivity index (χ0v) is 29.9. The molecular formula is C34H37F2N13O4S. The van der Waals surface area contributed by atoms with Gasteiger partial charge >= 0.3 is 10.2 Å². The van der Waals surface area contributed by atoms with Crippen LogP contribution in [-0.2, 0) is 19.7 Å². The van der Waals surface area contributed by atoms with Gasteiger partial charge in [-0.3, -0.25) is 4.72 Å². The first kappa shape index (κ1) is 35.5. The lowest BCUT2D eigenvalue weighted by atomic mass is 10.1. The molecule has 3 aliphatic rings. The number of nitrogens with one attached hydrogen (secondary N) is 1. The molecule has 0 aliphatic carbocycles. The van der Waals surface area contributed by atoms with Crippen LogP contribution in [0.5, 0.6) is 0 Å². The highest BCUT2D eigenvalue weighted by molar-refractivity contribution is 7.90. The number of nitrogens with zero attached hydrogens (tertiary/aromatic N) is 11. The molecule has 7 heterocycles. The molecule has 9 rings (SSSR count). The first-order chi connectivity index (χ1) is 26.2. The largest absolute Gasteiger partial charge is 0.399 e. The molecule has 17 nitrogen and oxygen atoms in total. The molecule has 0 unspecified atom stereocenters. The van der Waals surface area contributed by atoms with E-state index < -0.39 is 16.0 Å². The Labute approximate surface area is 308 Å². The molecule has 6 aromatic rings. The summed E-state index contributed by atoms with van der Waals surface area (Å²) in [6.07, 6.45) is 8.22. The van der Waals surface area contributed by atoms with Crippen LogP contribution in [0.2, 0.25) is 0 Å². The molecular weight excluding hydrogens is 725 g/mol. The van der Waals surface area contributed by atoms with E-state index in [1.54, 1.807) is 35.4 Å². The SMILES string of the molecule is Nc1ccc(F)c(-c2cn3nc(N4CCOCC4)cnc3n2)c1.O=S(=O)(Nc1ccc(F)c(-c2cn3nc(N4CCOCC4)cnc3n2)c1)N1CCCC1. The number of fused-ring (bicyclic) bond motifs is 2. The van der Waals surface area contributed by atoms with E-state index >= 15 is 0 Å². The average molecular weight is 762 g/mol. The van der Waals surface area contributed by atoms with Gasteiger partial charge in [0.15, 0.2) is 11.6 Å². The number of benzene rings is 2. The number of halogens is 2. The van der Waals surface area contributed by atoms with Crippen LogP contribution < -0.4 is 20.3 Å². The number of nitrogen functional groups attached to an aromatic ring is 1. The number of hydrogen-bond donors (Lipinski definition) is 2. The first-order valence-electron chi connectivity index (χ1n) is 17.4. The molecule has 0 atom stereocenters. The van der Waals surface area contributed by atoms with Crippen molar-refractivity contribution in [3.05, 3.63) is 72.8 Å². The van der Waals surface area contributed by atoms with Crippen molar-refractivity contribution in [1.82, 2.24) is 43.5 Å². The van der Waals surface area contributed by atoms with Crippen molar-refractivity contribution in [2.45, 2.75) is 12.8 Å². The molecule has 54 heavy (non-hydrogen) atoms. The summed E-state index contributed by atoms with van der Waals surface area (Å²) in [5, 5.41) is 9.04. The van der Waals surface area contributed by atoms with E-state index in [4.69, 9.17) is 15.2 Å². The van der Waals surface area contributed by atoms with Gasteiger partial charge in [0, 0.05) is 56.1 Å². The molecule has 0 amide bonds. The third kappa shape index (κ3) is 7.58. The Kier molecular flexibility index (Phi) is 9.88. The summed E-state index contributed by atoms with van der Waals surface area (Å²) in [5.41, 5.74) is 7.76. The first-order valence-corrected chi connectivity index (χ1v) is 18.9. The van der Waals surface area contributed by atoms with Crippen molar-refractivity contribution in [2.24, 2.45) is 0 Å². The molecule has 3 N–H and O–H groups in total. The van der Waals surface area contributed by atoms with Gasteiger partial charge in [-0.2, -0.15) is 12.7 Å². The molecule has 20 heteroatoms. The third-order valence-electron chi connectivity index (χ3n) is 9.18. The van der Waals surface area contributed by atoms with Crippen LogP contribution in [0, 0.1) is 11.6 Å². The van der Waals surface area contributed by atoms with Crippen LogP contribution in [0.4, 0.5) is 31.8 Å². The summed E-state index contributed by atoms with van der Waals surface area (Å²) in [7, 11) is -3.67. The highest BCUT2D eigenvalue weighted by Gasteiger charge is 2.26. The van der Waals surface area contributed by atoms with Crippen LogP contribution >= 0.6 is 0 Å². The van der Waals surface area contributed by atoms with Crippen LogP contribution in [0.3, 0.4) is 0 Å². The molecule has 0 bridgehead atoms. The van der Waals surface area contributed by atoms with Crippen LogP contribution in [0.15, 0.2) is 61.2 Å². The second kappa shape index (κ2) is 15.0. The molecule has 3 aliphatic heterocycles. The Morgan fingerprint density at radius 3 is 1.72 bits per heavy atom. The van der Waals surface area contributed by atoms with Gasteiger partial charge < -0.3 is 25.0 Å². The van der Waals surface area contributed by atoms with Gasteiger partial charge in [0.05, 0.1) is 68.3 Å². The molecule has 3 fully saturated rings. The van der Waals surface area contributed by atoms with E-state index in [0.29, 0.717) is 79.5 Å². The van der Waals surface area contributed by atoms with Gasteiger partial charge in [-0.1, -0.05) is 0 Å². The van der Waals surface area contributed by atoms with Gasteiger partial charge in [-0.25, -0.2) is 37.7 Å². The highest BCUT2D eigenvalue weighted by Crippen LogP contribution is 2.28. The topological polar surface area (TPSA) is 187 Å². The number of imidazole rings is 2. The predicted molar refractivity (Wildman–Crippen MR) is 196 cm³/mol. The van der Waals surface area contributed by atoms with E-state index in [0.717, 1.165) is 44.8 Å². The van der Waals surface area contributed by atoms with E-state index in [1.165, 1.54) is 39.2 Å². The predicted octanol–water partition coefficient (Wildman–Crippen LogP) is 2.87.